The van der Waals surface area contributed by atoms with E-state index in [0.717, 1.165) is 5.69 Å². The Morgan fingerprint density at radius 1 is 1.33 bits per heavy atom. The van der Waals surface area contributed by atoms with Gasteiger partial charge in [0.05, 0.1) is 12.8 Å². The van der Waals surface area contributed by atoms with E-state index < -0.39 is 0 Å². The molecule has 6 nitrogen and oxygen atoms in total. The van der Waals surface area contributed by atoms with Gasteiger partial charge in [-0.15, -0.1) is 0 Å². The van der Waals surface area contributed by atoms with Crippen LogP contribution in [0.25, 0.3) is 0 Å². The van der Waals surface area contributed by atoms with Gasteiger partial charge in [0, 0.05) is 20.3 Å². The molecule has 1 amide bonds. The van der Waals surface area contributed by atoms with Gasteiger partial charge in [0.15, 0.2) is 0 Å². The van der Waals surface area contributed by atoms with Crippen LogP contribution < -0.4 is 15.0 Å². The van der Waals surface area contributed by atoms with Crippen molar-refractivity contribution in [2.24, 2.45) is 0 Å². The zero-order valence-electron chi connectivity index (χ0n) is 11.9. The quantitative estimate of drug-likeness (QED) is 0.879. The van der Waals surface area contributed by atoms with Crippen molar-refractivity contribution in [3.8, 4) is 5.88 Å². The van der Waals surface area contributed by atoms with Crippen molar-refractivity contribution in [1.82, 2.24) is 9.97 Å². The number of carbonyl (C=O) groups is 1. The fraction of sp³-hybridized carbons (Fsp3) is 0.214. The third-order valence-corrected chi connectivity index (χ3v) is 2.97. The SMILES string of the molecule is COc1nccc(N(C)C)c1NC(=O)c1cccc(Cl)n1. The normalized spacial score (nSPS) is 10.1. The summed E-state index contributed by atoms with van der Waals surface area (Å²) in [6.07, 6.45) is 1.61. The van der Waals surface area contributed by atoms with E-state index >= 15 is 0 Å². The standard InChI is InChI=1S/C14H15ClN4O2/c1-19(2)10-7-8-16-14(21-3)12(10)18-13(20)9-5-4-6-11(15)17-9/h4-8H,1-3H3,(H,18,20). The zero-order chi connectivity index (χ0) is 15.4. The van der Waals surface area contributed by atoms with Gasteiger partial charge in [0.25, 0.3) is 5.91 Å². The second-order valence-corrected chi connectivity index (χ2v) is 4.80. The van der Waals surface area contributed by atoms with Gasteiger partial charge in [-0.2, -0.15) is 0 Å². The minimum atomic E-state index is -0.382. The minimum Gasteiger partial charge on any atom is -0.479 e. The first kappa shape index (κ1) is 15.1. The molecule has 2 heterocycles. The summed E-state index contributed by atoms with van der Waals surface area (Å²) in [5, 5.41) is 3.02. The van der Waals surface area contributed by atoms with Crippen molar-refractivity contribution in [2.45, 2.75) is 0 Å². The van der Waals surface area contributed by atoms with Gasteiger partial charge >= 0.3 is 0 Å². The number of rotatable bonds is 4. The summed E-state index contributed by atoms with van der Waals surface area (Å²) < 4.78 is 5.20. The average Bonchev–Trinajstić information content (AvgIpc) is 2.47. The summed E-state index contributed by atoms with van der Waals surface area (Å²) in [6, 6.07) is 6.63. The molecule has 0 spiro atoms. The molecule has 21 heavy (non-hydrogen) atoms. The maximum Gasteiger partial charge on any atom is 0.274 e. The molecule has 110 valence electrons. The second kappa shape index (κ2) is 6.41. The molecule has 0 atom stereocenters. The number of nitrogens with zero attached hydrogens (tertiary/aromatic N) is 3. The number of hydrogen-bond acceptors (Lipinski definition) is 5. The lowest BCUT2D eigenvalue weighted by Gasteiger charge is -2.19. The molecule has 0 aromatic carbocycles. The van der Waals surface area contributed by atoms with E-state index in [9.17, 15) is 4.79 Å². The summed E-state index contributed by atoms with van der Waals surface area (Å²) in [5.41, 5.74) is 1.48. The Balaban J connectivity index is 2.36. The molecule has 0 aliphatic carbocycles. The highest BCUT2D eigenvalue weighted by atomic mass is 35.5. The van der Waals surface area contributed by atoms with Crippen molar-refractivity contribution in [1.29, 1.82) is 0 Å². The second-order valence-electron chi connectivity index (χ2n) is 4.41. The fourth-order valence-corrected chi connectivity index (χ4v) is 1.95. The third-order valence-electron chi connectivity index (χ3n) is 2.76. The van der Waals surface area contributed by atoms with E-state index in [-0.39, 0.29) is 16.8 Å². The number of pyridine rings is 2. The van der Waals surface area contributed by atoms with Gasteiger partial charge in [-0.1, -0.05) is 17.7 Å². The molecule has 2 rings (SSSR count). The number of halogens is 1. The molecule has 0 saturated heterocycles. The van der Waals surface area contributed by atoms with Crippen LogP contribution in [0.1, 0.15) is 10.5 Å². The number of methoxy groups -OCH3 is 1. The van der Waals surface area contributed by atoms with Crippen LogP contribution in [0.15, 0.2) is 30.5 Å². The van der Waals surface area contributed by atoms with Crippen molar-refractivity contribution in [3.05, 3.63) is 41.3 Å². The van der Waals surface area contributed by atoms with Crippen LogP contribution in [-0.4, -0.2) is 37.1 Å². The van der Waals surface area contributed by atoms with E-state index in [1.165, 1.54) is 7.11 Å². The van der Waals surface area contributed by atoms with Crippen molar-refractivity contribution < 1.29 is 9.53 Å². The lowest BCUT2D eigenvalue weighted by atomic mass is 10.2. The number of carbonyl (C=O) groups excluding carboxylic acids is 1. The predicted octanol–water partition coefficient (Wildman–Crippen LogP) is 2.46. The number of hydrogen-bond donors (Lipinski definition) is 1. The molecular formula is C14H15ClN4O2. The summed E-state index contributed by atoms with van der Waals surface area (Å²) >= 11 is 5.80. The lowest BCUT2D eigenvalue weighted by Crippen LogP contribution is -2.18. The maximum absolute atomic E-state index is 12.3. The summed E-state index contributed by atoms with van der Waals surface area (Å²) in [6.45, 7) is 0. The number of nitrogens with one attached hydrogen (secondary N) is 1. The number of amides is 1. The molecule has 0 bridgehead atoms. The maximum atomic E-state index is 12.3. The number of aromatic nitrogens is 2. The average molecular weight is 307 g/mol. The topological polar surface area (TPSA) is 67.3 Å². The Morgan fingerprint density at radius 2 is 2.10 bits per heavy atom. The van der Waals surface area contributed by atoms with Gasteiger partial charge in [0.2, 0.25) is 5.88 Å². The summed E-state index contributed by atoms with van der Waals surface area (Å²) in [7, 11) is 5.22. The van der Waals surface area contributed by atoms with Crippen molar-refractivity contribution >= 4 is 28.9 Å². The van der Waals surface area contributed by atoms with Gasteiger partial charge in [0.1, 0.15) is 16.5 Å². The Kier molecular flexibility index (Phi) is 4.59. The molecule has 0 radical (unpaired) electrons. The van der Waals surface area contributed by atoms with Crippen molar-refractivity contribution in [3.63, 3.8) is 0 Å². The molecule has 2 aromatic heterocycles. The van der Waals surface area contributed by atoms with E-state index in [2.05, 4.69) is 15.3 Å². The predicted molar refractivity (Wildman–Crippen MR) is 82.3 cm³/mol. The minimum absolute atomic E-state index is 0.220. The Labute approximate surface area is 127 Å². The highest BCUT2D eigenvalue weighted by molar-refractivity contribution is 6.29. The molecule has 0 fully saturated rings. The number of anilines is 2. The molecule has 0 unspecified atom stereocenters. The van der Waals surface area contributed by atoms with Gasteiger partial charge in [-0.3, -0.25) is 4.79 Å². The molecule has 0 aliphatic heterocycles. The van der Waals surface area contributed by atoms with E-state index in [4.69, 9.17) is 16.3 Å². The molecule has 7 heteroatoms. The third kappa shape index (κ3) is 3.41. The molecule has 2 aromatic rings. The Morgan fingerprint density at radius 3 is 2.71 bits per heavy atom. The first-order valence-corrected chi connectivity index (χ1v) is 6.55. The van der Waals surface area contributed by atoms with Crippen molar-refractivity contribution in [2.75, 3.05) is 31.4 Å². The van der Waals surface area contributed by atoms with Crippen LogP contribution in [-0.2, 0) is 0 Å². The highest BCUT2D eigenvalue weighted by Crippen LogP contribution is 2.32. The van der Waals surface area contributed by atoms with Crippen LogP contribution in [0.4, 0.5) is 11.4 Å². The van der Waals surface area contributed by atoms with Crippen LogP contribution in [0.3, 0.4) is 0 Å². The van der Waals surface area contributed by atoms with E-state index in [0.29, 0.717) is 11.6 Å². The monoisotopic (exact) mass is 306 g/mol. The fourth-order valence-electron chi connectivity index (χ4n) is 1.79. The summed E-state index contributed by atoms with van der Waals surface area (Å²) in [5.74, 6) is -0.0523. The first-order chi connectivity index (χ1) is 10.0. The Hall–Kier alpha value is -2.34. The van der Waals surface area contributed by atoms with Gasteiger partial charge < -0.3 is 15.0 Å². The molecule has 0 saturated carbocycles. The van der Waals surface area contributed by atoms with Crippen LogP contribution >= 0.6 is 11.6 Å². The Bertz CT molecular complexity index is 661. The largest absolute Gasteiger partial charge is 0.479 e. The molecule has 0 aliphatic rings. The van der Waals surface area contributed by atoms with E-state index in [1.807, 2.05) is 19.0 Å². The molecule has 1 N–H and O–H groups in total. The highest BCUT2D eigenvalue weighted by Gasteiger charge is 2.17. The van der Waals surface area contributed by atoms with Crippen LogP contribution in [0, 0.1) is 0 Å². The number of ether oxygens (including phenoxy) is 1. The summed E-state index contributed by atoms with van der Waals surface area (Å²) in [4.78, 5) is 22.2. The lowest BCUT2D eigenvalue weighted by molar-refractivity contribution is 0.102. The van der Waals surface area contributed by atoms with Gasteiger partial charge in [-0.25, -0.2) is 9.97 Å². The first-order valence-electron chi connectivity index (χ1n) is 6.17. The molecular weight excluding hydrogens is 292 g/mol. The van der Waals surface area contributed by atoms with Crippen LogP contribution in [0.5, 0.6) is 5.88 Å². The smallest absolute Gasteiger partial charge is 0.274 e. The zero-order valence-corrected chi connectivity index (χ0v) is 12.7. The van der Waals surface area contributed by atoms with E-state index in [1.54, 1.807) is 30.5 Å². The van der Waals surface area contributed by atoms with Gasteiger partial charge in [-0.05, 0) is 18.2 Å². The van der Waals surface area contributed by atoms with Crippen LogP contribution in [0.2, 0.25) is 5.15 Å².